The van der Waals surface area contributed by atoms with E-state index in [0.29, 0.717) is 6.04 Å². The summed E-state index contributed by atoms with van der Waals surface area (Å²) in [6, 6.07) is 7.30. The van der Waals surface area contributed by atoms with Gasteiger partial charge in [0.2, 0.25) is 0 Å². The van der Waals surface area contributed by atoms with Crippen molar-refractivity contribution in [3.63, 3.8) is 0 Å². The largest absolute Gasteiger partial charge is 0.313 e. The Morgan fingerprint density at radius 1 is 1.44 bits per heavy atom. The first-order valence-corrected chi connectivity index (χ1v) is 8.61. The average Bonchev–Trinajstić information content (AvgIpc) is 2.38. The summed E-state index contributed by atoms with van der Waals surface area (Å²) in [7, 11) is 0. The van der Waals surface area contributed by atoms with Gasteiger partial charge in [-0.1, -0.05) is 12.1 Å². The maximum Gasteiger partial charge on any atom is 0.123 e. The van der Waals surface area contributed by atoms with E-state index in [1.807, 2.05) is 6.07 Å². The summed E-state index contributed by atoms with van der Waals surface area (Å²) in [5, 5.41) is 4.30. The Morgan fingerprint density at radius 3 is 3.06 bits per heavy atom. The SMILES string of the molecule is CC(Cc1cccc(F)c1)NCC1CSCCS1. The Labute approximate surface area is 117 Å². The van der Waals surface area contributed by atoms with E-state index in [1.54, 1.807) is 12.1 Å². The average molecular weight is 285 g/mol. The predicted molar refractivity (Wildman–Crippen MR) is 81.1 cm³/mol. The van der Waals surface area contributed by atoms with Gasteiger partial charge in [-0.15, -0.1) is 0 Å². The van der Waals surface area contributed by atoms with Crippen molar-refractivity contribution in [1.29, 1.82) is 0 Å². The van der Waals surface area contributed by atoms with Crippen molar-refractivity contribution in [1.82, 2.24) is 5.32 Å². The summed E-state index contributed by atoms with van der Waals surface area (Å²) < 4.78 is 13.1. The molecule has 0 bridgehead atoms. The minimum Gasteiger partial charge on any atom is -0.313 e. The number of thioether (sulfide) groups is 2. The molecule has 1 aromatic carbocycles. The van der Waals surface area contributed by atoms with E-state index in [4.69, 9.17) is 0 Å². The molecule has 0 amide bonds. The fourth-order valence-electron chi connectivity index (χ4n) is 2.08. The molecule has 100 valence electrons. The highest BCUT2D eigenvalue weighted by atomic mass is 32.2. The van der Waals surface area contributed by atoms with Crippen molar-refractivity contribution < 1.29 is 4.39 Å². The number of halogens is 1. The minimum absolute atomic E-state index is 0.140. The van der Waals surface area contributed by atoms with Crippen LogP contribution in [0.3, 0.4) is 0 Å². The molecule has 0 aliphatic carbocycles. The Kier molecular flexibility index (Phi) is 5.86. The van der Waals surface area contributed by atoms with Crippen LogP contribution in [0.1, 0.15) is 12.5 Å². The Morgan fingerprint density at radius 2 is 2.33 bits per heavy atom. The minimum atomic E-state index is -0.140. The molecule has 1 aromatic rings. The molecule has 2 atom stereocenters. The lowest BCUT2D eigenvalue weighted by atomic mass is 10.1. The third-order valence-corrected chi connectivity index (χ3v) is 5.85. The molecule has 0 spiro atoms. The van der Waals surface area contributed by atoms with Crippen LogP contribution in [0.4, 0.5) is 4.39 Å². The third kappa shape index (κ3) is 4.82. The quantitative estimate of drug-likeness (QED) is 0.892. The fraction of sp³-hybridized carbons (Fsp3) is 0.571. The van der Waals surface area contributed by atoms with Gasteiger partial charge in [-0.05, 0) is 31.0 Å². The number of benzene rings is 1. The lowest BCUT2D eigenvalue weighted by molar-refractivity contribution is 0.546. The predicted octanol–water partition coefficient (Wildman–Crippen LogP) is 3.19. The van der Waals surface area contributed by atoms with Crippen LogP contribution in [0.25, 0.3) is 0 Å². The molecule has 1 saturated heterocycles. The maximum absolute atomic E-state index is 13.1. The van der Waals surface area contributed by atoms with Crippen LogP contribution in [0.2, 0.25) is 0 Å². The summed E-state index contributed by atoms with van der Waals surface area (Å²) in [4.78, 5) is 0. The van der Waals surface area contributed by atoms with Crippen molar-refractivity contribution in [2.45, 2.75) is 24.6 Å². The van der Waals surface area contributed by atoms with Gasteiger partial charge in [0, 0.05) is 35.1 Å². The van der Waals surface area contributed by atoms with Crippen LogP contribution >= 0.6 is 23.5 Å². The molecule has 1 N–H and O–H groups in total. The summed E-state index contributed by atoms with van der Waals surface area (Å²) in [6.07, 6.45) is 0.891. The van der Waals surface area contributed by atoms with E-state index < -0.39 is 0 Å². The van der Waals surface area contributed by atoms with Gasteiger partial charge >= 0.3 is 0 Å². The zero-order valence-electron chi connectivity index (χ0n) is 10.7. The van der Waals surface area contributed by atoms with Gasteiger partial charge in [-0.2, -0.15) is 23.5 Å². The van der Waals surface area contributed by atoms with Crippen molar-refractivity contribution in [3.05, 3.63) is 35.6 Å². The first kappa shape index (κ1) is 14.2. The fourth-order valence-corrected chi connectivity index (χ4v) is 4.70. The van der Waals surface area contributed by atoms with E-state index >= 15 is 0 Å². The third-order valence-electron chi connectivity index (χ3n) is 3.01. The lowest BCUT2D eigenvalue weighted by Crippen LogP contribution is -2.36. The Hall–Kier alpha value is -0.190. The topological polar surface area (TPSA) is 12.0 Å². The van der Waals surface area contributed by atoms with Gasteiger partial charge in [0.05, 0.1) is 0 Å². The summed E-state index contributed by atoms with van der Waals surface area (Å²) in [6.45, 7) is 3.24. The Bertz CT molecular complexity index is 367. The Balaban J connectivity index is 1.72. The van der Waals surface area contributed by atoms with Crippen LogP contribution < -0.4 is 5.32 Å². The first-order valence-electron chi connectivity index (χ1n) is 6.41. The van der Waals surface area contributed by atoms with Gasteiger partial charge in [-0.25, -0.2) is 4.39 Å². The normalized spacial score (nSPS) is 21.8. The van der Waals surface area contributed by atoms with Gasteiger partial charge < -0.3 is 5.32 Å². The second-order valence-corrected chi connectivity index (χ2v) is 7.27. The summed E-state index contributed by atoms with van der Waals surface area (Å²) in [5.41, 5.74) is 1.07. The lowest BCUT2D eigenvalue weighted by Gasteiger charge is -2.23. The van der Waals surface area contributed by atoms with Crippen molar-refractivity contribution in [2.75, 3.05) is 23.8 Å². The van der Waals surface area contributed by atoms with Crippen molar-refractivity contribution in [2.24, 2.45) is 0 Å². The molecule has 4 heteroatoms. The van der Waals surface area contributed by atoms with E-state index in [1.165, 1.54) is 23.3 Å². The maximum atomic E-state index is 13.1. The highest BCUT2D eigenvalue weighted by Gasteiger charge is 2.15. The number of hydrogen-bond donors (Lipinski definition) is 1. The van der Waals surface area contributed by atoms with E-state index in [9.17, 15) is 4.39 Å². The van der Waals surface area contributed by atoms with E-state index in [0.717, 1.165) is 23.8 Å². The molecule has 2 unspecified atom stereocenters. The molecule has 1 nitrogen and oxygen atoms in total. The van der Waals surface area contributed by atoms with Gasteiger partial charge in [0.1, 0.15) is 5.82 Å². The highest BCUT2D eigenvalue weighted by Crippen LogP contribution is 2.23. The zero-order chi connectivity index (χ0) is 12.8. The van der Waals surface area contributed by atoms with Gasteiger partial charge in [-0.3, -0.25) is 0 Å². The monoisotopic (exact) mass is 285 g/mol. The van der Waals surface area contributed by atoms with E-state index in [-0.39, 0.29) is 5.82 Å². The highest BCUT2D eigenvalue weighted by molar-refractivity contribution is 8.06. The van der Waals surface area contributed by atoms with Crippen LogP contribution in [-0.4, -0.2) is 35.1 Å². The molecular formula is C14H20FNS2. The smallest absolute Gasteiger partial charge is 0.123 e. The second-order valence-electron chi connectivity index (χ2n) is 4.71. The number of nitrogens with one attached hydrogen (secondary N) is 1. The number of rotatable bonds is 5. The van der Waals surface area contributed by atoms with Crippen molar-refractivity contribution >= 4 is 23.5 Å². The molecule has 0 radical (unpaired) electrons. The standard InChI is InChI=1S/C14H20FNS2/c1-11(7-12-3-2-4-13(15)8-12)16-9-14-10-17-5-6-18-14/h2-4,8,11,14,16H,5-7,9-10H2,1H3. The van der Waals surface area contributed by atoms with Crippen LogP contribution in [0.5, 0.6) is 0 Å². The second kappa shape index (κ2) is 7.41. The molecule has 1 fully saturated rings. The summed E-state index contributed by atoms with van der Waals surface area (Å²) in [5.74, 6) is 3.68. The molecule has 2 rings (SSSR count). The van der Waals surface area contributed by atoms with Gasteiger partial charge in [0.15, 0.2) is 0 Å². The zero-order valence-corrected chi connectivity index (χ0v) is 12.3. The van der Waals surface area contributed by atoms with Crippen LogP contribution in [0.15, 0.2) is 24.3 Å². The van der Waals surface area contributed by atoms with Crippen LogP contribution in [-0.2, 0) is 6.42 Å². The van der Waals surface area contributed by atoms with Crippen LogP contribution in [0, 0.1) is 5.82 Å². The first-order chi connectivity index (χ1) is 8.74. The van der Waals surface area contributed by atoms with E-state index in [2.05, 4.69) is 35.8 Å². The molecule has 1 aliphatic heterocycles. The molecule has 1 aliphatic rings. The van der Waals surface area contributed by atoms with Gasteiger partial charge in [0.25, 0.3) is 0 Å². The van der Waals surface area contributed by atoms with Crippen molar-refractivity contribution in [3.8, 4) is 0 Å². The summed E-state index contributed by atoms with van der Waals surface area (Å²) >= 11 is 4.12. The number of hydrogen-bond acceptors (Lipinski definition) is 3. The molecule has 18 heavy (non-hydrogen) atoms. The molecular weight excluding hydrogens is 265 g/mol. The molecule has 0 saturated carbocycles. The molecule has 1 heterocycles. The molecule has 0 aromatic heterocycles.